The Morgan fingerprint density at radius 2 is 1.20 bits per heavy atom. The van der Waals surface area contributed by atoms with Crippen LogP contribution in [0.1, 0.15) is 54.4 Å². The molecule has 6 aromatic rings. The Labute approximate surface area is 289 Å². The van der Waals surface area contributed by atoms with Gasteiger partial charge in [-0.3, -0.25) is 9.59 Å². The fraction of sp³-hybridized carbons (Fsp3) is 0.167. The third kappa shape index (κ3) is 6.28. The molecule has 0 radical (unpaired) electrons. The van der Waals surface area contributed by atoms with Crippen LogP contribution in [0.5, 0.6) is 0 Å². The van der Waals surface area contributed by atoms with E-state index in [4.69, 9.17) is 23.9 Å². The molecule has 2 aliphatic rings. The maximum Gasteiger partial charge on any atom is 0.196 e. The molecule has 0 saturated heterocycles. The van der Waals surface area contributed by atoms with Gasteiger partial charge in [0.15, 0.2) is 11.6 Å². The number of rotatable bonds is 11. The van der Waals surface area contributed by atoms with Crippen LogP contribution in [0.4, 0.5) is 0 Å². The van der Waals surface area contributed by atoms with Gasteiger partial charge >= 0.3 is 0 Å². The van der Waals surface area contributed by atoms with E-state index in [0.717, 1.165) is 16.7 Å². The van der Waals surface area contributed by atoms with Gasteiger partial charge in [0, 0.05) is 16.7 Å². The zero-order valence-electron chi connectivity index (χ0n) is 27.2. The van der Waals surface area contributed by atoms with Gasteiger partial charge in [0.2, 0.25) is 0 Å². The van der Waals surface area contributed by atoms with Gasteiger partial charge < -0.3 is 23.9 Å². The van der Waals surface area contributed by atoms with E-state index in [1.807, 2.05) is 91.0 Å². The Morgan fingerprint density at radius 3 is 1.86 bits per heavy atom. The normalized spacial score (nSPS) is 18.3. The van der Waals surface area contributed by atoms with Gasteiger partial charge in [0.25, 0.3) is 0 Å². The highest BCUT2D eigenvalue weighted by Crippen LogP contribution is 2.36. The highest BCUT2D eigenvalue weighted by molar-refractivity contribution is 6.31. The lowest BCUT2D eigenvalue weighted by molar-refractivity contribution is -0.143. The fourth-order valence-corrected chi connectivity index (χ4v) is 6.57. The number of benzene rings is 5. The highest BCUT2D eigenvalue weighted by Gasteiger charge is 2.41. The van der Waals surface area contributed by atoms with Crippen LogP contribution < -0.4 is 0 Å². The molecule has 1 aliphatic heterocycles. The third-order valence-electron chi connectivity index (χ3n) is 9.11. The molecule has 1 N–H and O–H groups in total. The number of imidazole rings is 1. The minimum atomic E-state index is -0.632. The number of carbonyl (C=O) groups is 2. The average molecular weight is 663 g/mol. The minimum Gasteiger partial charge on any atom is -0.492 e. The lowest BCUT2D eigenvalue weighted by Crippen LogP contribution is -2.47. The predicted molar refractivity (Wildman–Crippen MR) is 188 cm³/mol. The first-order chi connectivity index (χ1) is 24.6. The molecule has 0 fully saturated rings. The maximum absolute atomic E-state index is 13.8. The molecule has 1 aliphatic carbocycles. The zero-order chi connectivity index (χ0) is 33.9. The van der Waals surface area contributed by atoms with Crippen LogP contribution in [0.15, 0.2) is 134 Å². The summed E-state index contributed by atoms with van der Waals surface area (Å²) in [6.45, 7) is 1.31. The number of fused-ring (bicyclic) bond motifs is 4. The van der Waals surface area contributed by atoms with Crippen molar-refractivity contribution >= 4 is 28.2 Å². The summed E-state index contributed by atoms with van der Waals surface area (Å²) >= 11 is 0. The van der Waals surface area contributed by atoms with Crippen LogP contribution in [-0.4, -0.2) is 46.5 Å². The summed E-state index contributed by atoms with van der Waals surface area (Å²) in [5.41, 5.74) is 6.13. The van der Waals surface area contributed by atoms with Crippen LogP contribution in [0, 0.1) is 0 Å². The molecular weight excluding hydrogens is 628 g/mol. The molecule has 8 heteroatoms. The summed E-state index contributed by atoms with van der Waals surface area (Å²) in [6.07, 6.45) is -0.0692. The standard InChI is InChI=1S/C42H34N2O6/c45-38-30-18-10-11-19-31(30)39(46)36-32(38)20-21-34-37(36)44-42(43-34)33-25-48-35(26-47-22-27-12-4-1-5-13-27)41(50-24-29-16-8-3-9-17-29)40(33)49-23-28-14-6-2-7-15-28/h1-21,25,35,40-41H,22-24,26H2,(H,43,44)/t35-,40-,41+/m1/s1. The van der Waals surface area contributed by atoms with Crippen LogP contribution in [0.3, 0.4) is 0 Å². The van der Waals surface area contributed by atoms with Crippen molar-refractivity contribution in [2.45, 2.75) is 38.1 Å². The van der Waals surface area contributed by atoms with Gasteiger partial charge in [-0.25, -0.2) is 4.98 Å². The Hall–Kier alpha value is -5.67. The largest absolute Gasteiger partial charge is 0.492 e. The SMILES string of the molecule is O=C1c2ccccc2C(=O)c2c1ccc1[nH]c(C3=CO[C@H](COCc4ccccc4)[C@H](OCc4ccccc4)[C@@H]3OCc3ccccc3)nc21. The number of H-pyrrole nitrogens is 1. The van der Waals surface area contributed by atoms with Crippen LogP contribution in [-0.2, 0) is 38.8 Å². The first kappa shape index (κ1) is 31.6. The van der Waals surface area contributed by atoms with E-state index in [0.29, 0.717) is 58.9 Å². The molecule has 3 atom stereocenters. The van der Waals surface area contributed by atoms with Crippen LogP contribution in [0.25, 0.3) is 16.6 Å². The van der Waals surface area contributed by atoms with Gasteiger partial charge in [0.05, 0.1) is 49.3 Å². The summed E-state index contributed by atoms with van der Waals surface area (Å²) in [5.74, 6) is 0.0329. The summed E-state index contributed by atoms with van der Waals surface area (Å²) in [5, 5.41) is 0. The number of carbonyl (C=O) groups excluding carboxylic acids is 2. The maximum atomic E-state index is 13.8. The fourth-order valence-electron chi connectivity index (χ4n) is 6.57. The quantitative estimate of drug-likeness (QED) is 0.153. The van der Waals surface area contributed by atoms with E-state index in [2.05, 4.69) is 4.98 Å². The second-order valence-electron chi connectivity index (χ2n) is 12.4. The van der Waals surface area contributed by atoms with Crippen LogP contribution in [0.2, 0.25) is 0 Å². The molecule has 0 amide bonds. The highest BCUT2D eigenvalue weighted by atomic mass is 16.6. The molecule has 8 rings (SSSR count). The molecule has 2 heterocycles. The van der Waals surface area contributed by atoms with Crippen molar-refractivity contribution in [1.82, 2.24) is 9.97 Å². The Bertz CT molecular complexity index is 2180. The van der Waals surface area contributed by atoms with Crippen molar-refractivity contribution in [3.05, 3.63) is 178 Å². The average Bonchev–Trinajstić information content (AvgIpc) is 3.61. The van der Waals surface area contributed by atoms with Gasteiger partial charge in [-0.05, 0) is 28.8 Å². The van der Waals surface area contributed by atoms with Crippen molar-refractivity contribution in [2.75, 3.05) is 6.61 Å². The number of hydrogen-bond donors (Lipinski definition) is 1. The summed E-state index contributed by atoms with van der Waals surface area (Å²) in [7, 11) is 0. The van der Waals surface area contributed by atoms with Crippen molar-refractivity contribution < 1.29 is 28.5 Å². The molecule has 0 spiro atoms. The van der Waals surface area contributed by atoms with Crippen molar-refractivity contribution in [3.63, 3.8) is 0 Å². The van der Waals surface area contributed by atoms with E-state index in [1.165, 1.54) is 0 Å². The third-order valence-corrected chi connectivity index (χ3v) is 9.11. The lowest BCUT2D eigenvalue weighted by Gasteiger charge is -2.37. The number of aromatic amines is 1. The van der Waals surface area contributed by atoms with Gasteiger partial charge in [-0.1, -0.05) is 115 Å². The molecule has 0 unspecified atom stereocenters. The molecule has 8 nitrogen and oxygen atoms in total. The molecule has 0 saturated carbocycles. The minimum absolute atomic E-state index is 0.196. The monoisotopic (exact) mass is 662 g/mol. The molecule has 1 aromatic heterocycles. The van der Waals surface area contributed by atoms with Gasteiger partial charge in [0.1, 0.15) is 29.7 Å². The van der Waals surface area contributed by atoms with Crippen molar-refractivity contribution in [3.8, 4) is 0 Å². The lowest BCUT2D eigenvalue weighted by atomic mass is 9.83. The number of ether oxygens (including phenoxy) is 4. The summed E-state index contributed by atoms with van der Waals surface area (Å²) in [6, 6.07) is 40.3. The van der Waals surface area contributed by atoms with E-state index in [-0.39, 0.29) is 23.7 Å². The first-order valence-corrected chi connectivity index (χ1v) is 16.6. The van der Waals surface area contributed by atoms with Gasteiger partial charge in [-0.2, -0.15) is 0 Å². The Morgan fingerprint density at radius 1 is 0.620 bits per heavy atom. The number of aromatic nitrogens is 2. The Kier molecular flexibility index (Phi) is 8.88. The van der Waals surface area contributed by atoms with E-state index in [1.54, 1.807) is 42.7 Å². The van der Waals surface area contributed by atoms with E-state index >= 15 is 0 Å². The van der Waals surface area contributed by atoms with E-state index < -0.39 is 18.3 Å². The van der Waals surface area contributed by atoms with E-state index in [9.17, 15) is 9.59 Å². The number of nitrogens with zero attached hydrogens (tertiary/aromatic N) is 1. The number of ketones is 2. The molecule has 0 bridgehead atoms. The summed E-state index contributed by atoms with van der Waals surface area (Å²) < 4.78 is 25.9. The predicted octanol–water partition coefficient (Wildman–Crippen LogP) is 7.47. The smallest absolute Gasteiger partial charge is 0.196 e. The second kappa shape index (κ2) is 14.1. The first-order valence-electron chi connectivity index (χ1n) is 16.6. The molecule has 5 aromatic carbocycles. The topological polar surface area (TPSA) is 99.7 Å². The number of nitrogens with one attached hydrogen (secondary N) is 1. The molecule has 50 heavy (non-hydrogen) atoms. The van der Waals surface area contributed by atoms with Crippen LogP contribution >= 0.6 is 0 Å². The second-order valence-corrected chi connectivity index (χ2v) is 12.4. The zero-order valence-corrected chi connectivity index (χ0v) is 27.2. The van der Waals surface area contributed by atoms with Crippen molar-refractivity contribution in [1.29, 1.82) is 0 Å². The summed E-state index contributed by atoms with van der Waals surface area (Å²) in [4.78, 5) is 35.6. The number of hydrogen-bond acceptors (Lipinski definition) is 7. The van der Waals surface area contributed by atoms with Gasteiger partial charge in [-0.15, -0.1) is 0 Å². The molecule has 248 valence electrons. The van der Waals surface area contributed by atoms with Crippen molar-refractivity contribution in [2.24, 2.45) is 0 Å². The molecular formula is C42H34N2O6. The Balaban J connectivity index is 1.16.